The van der Waals surface area contributed by atoms with E-state index in [1.54, 1.807) is 11.9 Å². The van der Waals surface area contributed by atoms with Gasteiger partial charge in [-0.15, -0.1) is 0 Å². The third-order valence-electron chi connectivity index (χ3n) is 5.36. The molecule has 1 spiro atoms. The van der Waals surface area contributed by atoms with E-state index in [1.807, 2.05) is 31.2 Å². The maximum atomic E-state index is 13.0. The summed E-state index contributed by atoms with van der Waals surface area (Å²) in [7, 11) is 3.21. The molecule has 3 aliphatic rings. The van der Waals surface area contributed by atoms with Gasteiger partial charge in [-0.3, -0.25) is 24.6 Å². The van der Waals surface area contributed by atoms with Crippen LogP contribution in [-0.4, -0.2) is 42.8 Å². The zero-order chi connectivity index (χ0) is 15.8. The van der Waals surface area contributed by atoms with Crippen LogP contribution in [0, 0.1) is 11.8 Å². The number of anilines is 1. The molecule has 6 heteroatoms. The van der Waals surface area contributed by atoms with Crippen LogP contribution in [0.15, 0.2) is 24.3 Å². The molecule has 0 radical (unpaired) electrons. The standard InChI is InChI=1S/C16H17N3O3/c1-8-11-12(14(21)19(3)13(11)20)16(17-8)9-6-4-5-7-10(9)18(2)15(16)22/h4-8,11-12,17H,1-3H3/t8-,11+,12+,16+/m1/s1. The first-order valence-corrected chi connectivity index (χ1v) is 7.38. The summed E-state index contributed by atoms with van der Waals surface area (Å²) in [6.07, 6.45) is 0. The zero-order valence-corrected chi connectivity index (χ0v) is 12.7. The third kappa shape index (κ3) is 1.23. The Balaban J connectivity index is 1.98. The summed E-state index contributed by atoms with van der Waals surface area (Å²) in [5.41, 5.74) is 0.466. The number of imide groups is 1. The predicted octanol–water partition coefficient (Wildman–Crippen LogP) is 0.0810. The largest absolute Gasteiger partial charge is 0.313 e. The van der Waals surface area contributed by atoms with Crippen LogP contribution < -0.4 is 10.2 Å². The molecule has 0 aromatic heterocycles. The van der Waals surface area contributed by atoms with Gasteiger partial charge in [0.25, 0.3) is 5.91 Å². The molecule has 3 aliphatic heterocycles. The van der Waals surface area contributed by atoms with Crippen LogP contribution in [-0.2, 0) is 19.9 Å². The van der Waals surface area contributed by atoms with Crippen molar-refractivity contribution >= 4 is 23.4 Å². The van der Waals surface area contributed by atoms with Crippen molar-refractivity contribution in [3.05, 3.63) is 29.8 Å². The van der Waals surface area contributed by atoms with Crippen molar-refractivity contribution in [1.29, 1.82) is 0 Å². The van der Waals surface area contributed by atoms with Gasteiger partial charge in [0.2, 0.25) is 11.8 Å². The van der Waals surface area contributed by atoms with Crippen LogP contribution in [0.3, 0.4) is 0 Å². The molecule has 0 bridgehead atoms. The summed E-state index contributed by atoms with van der Waals surface area (Å²) in [5, 5.41) is 3.29. The van der Waals surface area contributed by atoms with Gasteiger partial charge in [0.15, 0.2) is 0 Å². The minimum atomic E-state index is -1.12. The first-order chi connectivity index (χ1) is 10.4. The monoisotopic (exact) mass is 299 g/mol. The van der Waals surface area contributed by atoms with E-state index in [9.17, 15) is 14.4 Å². The van der Waals surface area contributed by atoms with Gasteiger partial charge in [0.1, 0.15) is 5.54 Å². The van der Waals surface area contributed by atoms with E-state index >= 15 is 0 Å². The number of nitrogens with zero attached hydrogens (tertiary/aromatic N) is 2. The Hall–Kier alpha value is -2.21. The number of carbonyl (C=O) groups is 3. The number of rotatable bonds is 0. The Morgan fingerprint density at radius 2 is 1.73 bits per heavy atom. The van der Waals surface area contributed by atoms with Crippen molar-refractivity contribution in [2.75, 3.05) is 19.0 Å². The van der Waals surface area contributed by atoms with Gasteiger partial charge in [-0.2, -0.15) is 0 Å². The molecule has 1 N–H and O–H groups in total. The molecule has 4 rings (SSSR count). The number of likely N-dealkylation sites (tertiary alicyclic amines) is 1. The Kier molecular flexibility index (Phi) is 2.42. The molecule has 22 heavy (non-hydrogen) atoms. The fraction of sp³-hybridized carbons (Fsp3) is 0.438. The highest BCUT2D eigenvalue weighted by atomic mass is 16.2. The van der Waals surface area contributed by atoms with E-state index in [0.717, 1.165) is 11.3 Å². The lowest BCUT2D eigenvalue weighted by Crippen LogP contribution is -2.54. The number of para-hydroxylation sites is 1. The molecule has 6 nitrogen and oxygen atoms in total. The lowest BCUT2D eigenvalue weighted by atomic mass is 9.76. The maximum Gasteiger partial charge on any atom is 0.252 e. The topological polar surface area (TPSA) is 69.7 Å². The van der Waals surface area contributed by atoms with Crippen LogP contribution in [0.2, 0.25) is 0 Å². The molecule has 1 aromatic carbocycles. The summed E-state index contributed by atoms with van der Waals surface area (Å²) < 4.78 is 0. The van der Waals surface area contributed by atoms with Crippen molar-refractivity contribution < 1.29 is 14.4 Å². The normalized spacial score (nSPS) is 36.5. The second-order valence-corrected chi connectivity index (χ2v) is 6.36. The number of likely N-dealkylation sites (N-methyl/N-ethyl adjacent to an activating group) is 1. The number of amides is 3. The second-order valence-electron chi connectivity index (χ2n) is 6.36. The minimum Gasteiger partial charge on any atom is -0.313 e. The number of hydrogen-bond donors (Lipinski definition) is 1. The first-order valence-electron chi connectivity index (χ1n) is 7.38. The lowest BCUT2D eigenvalue weighted by Gasteiger charge is -2.29. The Bertz CT molecular complexity index is 731. The van der Waals surface area contributed by atoms with Crippen molar-refractivity contribution in [1.82, 2.24) is 10.2 Å². The highest BCUT2D eigenvalue weighted by molar-refractivity contribution is 6.15. The van der Waals surface area contributed by atoms with Crippen LogP contribution >= 0.6 is 0 Å². The summed E-state index contributed by atoms with van der Waals surface area (Å²) in [6, 6.07) is 7.24. The molecule has 0 aliphatic carbocycles. The van der Waals surface area contributed by atoms with Crippen LogP contribution in [0.25, 0.3) is 0 Å². The van der Waals surface area contributed by atoms with Crippen LogP contribution in [0.4, 0.5) is 5.69 Å². The Labute approximate surface area is 128 Å². The van der Waals surface area contributed by atoms with Crippen molar-refractivity contribution in [3.8, 4) is 0 Å². The summed E-state index contributed by atoms with van der Waals surface area (Å²) >= 11 is 0. The molecule has 1 aromatic rings. The van der Waals surface area contributed by atoms with E-state index in [2.05, 4.69) is 5.32 Å². The van der Waals surface area contributed by atoms with Crippen molar-refractivity contribution in [2.24, 2.45) is 11.8 Å². The van der Waals surface area contributed by atoms with Crippen LogP contribution in [0.5, 0.6) is 0 Å². The SMILES string of the molecule is C[C@H]1N[C@]2(C(=O)N(C)c3ccccc32)[C@@H]2C(=O)N(C)C(=O)[C@H]21. The van der Waals surface area contributed by atoms with Crippen molar-refractivity contribution in [3.63, 3.8) is 0 Å². The van der Waals surface area contributed by atoms with Gasteiger partial charge < -0.3 is 4.90 Å². The van der Waals surface area contributed by atoms with E-state index in [1.165, 1.54) is 11.9 Å². The third-order valence-corrected chi connectivity index (χ3v) is 5.36. The molecule has 3 amide bonds. The van der Waals surface area contributed by atoms with E-state index in [0.29, 0.717) is 0 Å². The molecular formula is C16H17N3O3. The number of carbonyl (C=O) groups excluding carboxylic acids is 3. The van der Waals surface area contributed by atoms with E-state index < -0.39 is 17.4 Å². The number of nitrogens with one attached hydrogen (secondary N) is 1. The summed E-state index contributed by atoms with van der Waals surface area (Å²) in [6.45, 7) is 1.87. The predicted molar refractivity (Wildman–Crippen MR) is 78.9 cm³/mol. The van der Waals surface area contributed by atoms with E-state index in [4.69, 9.17) is 0 Å². The smallest absolute Gasteiger partial charge is 0.252 e. The highest BCUT2D eigenvalue weighted by Gasteiger charge is 2.69. The molecule has 0 unspecified atom stereocenters. The Morgan fingerprint density at radius 1 is 1.05 bits per heavy atom. The average molecular weight is 299 g/mol. The molecule has 2 saturated heterocycles. The number of fused-ring (bicyclic) bond motifs is 4. The van der Waals surface area contributed by atoms with Crippen molar-refractivity contribution in [2.45, 2.75) is 18.5 Å². The summed E-state index contributed by atoms with van der Waals surface area (Å²) in [4.78, 5) is 40.8. The lowest BCUT2D eigenvalue weighted by molar-refractivity contribution is -0.141. The maximum absolute atomic E-state index is 13.0. The molecule has 4 atom stereocenters. The number of hydrogen-bond acceptors (Lipinski definition) is 4. The van der Waals surface area contributed by atoms with Gasteiger partial charge in [0.05, 0.1) is 11.8 Å². The average Bonchev–Trinajstić information content (AvgIpc) is 3.03. The fourth-order valence-corrected chi connectivity index (χ4v) is 4.36. The molecule has 2 fully saturated rings. The summed E-state index contributed by atoms with van der Waals surface area (Å²) in [5.74, 6) is -1.79. The first kappa shape index (κ1) is 13.5. The quantitative estimate of drug-likeness (QED) is 0.689. The molecule has 3 heterocycles. The molecule has 0 saturated carbocycles. The molecule has 114 valence electrons. The zero-order valence-electron chi connectivity index (χ0n) is 12.7. The van der Waals surface area contributed by atoms with Gasteiger partial charge in [-0.25, -0.2) is 0 Å². The number of benzene rings is 1. The highest BCUT2D eigenvalue weighted by Crippen LogP contribution is 2.53. The van der Waals surface area contributed by atoms with Gasteiger partial charge in [-0.1, -0.05) is 18.2 Å². The van der Waals surface area contributed by atoms with Gasteiger partial charge >= 0.3 is 0 Å². The van der Waals surface area contributed by atoms with Crippen LogP contribution in [0.1, 0.15) is 12.5 Å². The van der Waals surface area contributed by atoms with Gasteiger partial charge in [-0.05, 0) is 13.0 Å². The minimum absolute atomic E-state index is 0.163. The second kappa shape index (κ2) is 3.95. The molecular weight excluding hydrogens is 282 g/mol. The Morgan fingerprint density at radius 3 is 2.45 bits per heavy atom. The van der Waals surface area contributed by atoms with E-state index in [-0.39, 0.29) is 23.8 Å². The fourth-order valence-electron chi connectivity index (χ4n) is 4.36. The van der Waals surface area contributed by atoms with Gasteiger partial charge in [0, 0.05) is 31.4 Å².